The molecule has 80 valence electrons. The fraction of sp³-hybridized carbons (Fsp3) is 0.727. The highest BCUT2D eigenvalue weighted by Gasteiger charge is 2.17. The van der Waals surface area contributed by atoms with E-state index in [-0.39, 0.29) is 18.0 Å². The van der Waals surface area contributed by atoms with Crippen LogP contribution in [0.4, 0.5) is 0 Å². The van der Waals surface area contributed by atoms with Gasteiger partial charge in [-0.05, 0) is 39.7 Å². The predicted octanol–water partition coefficient (Wildman–Crippen LogP) is 2.06. The Kier molecular flexibility index (Phi) is 3.69. The van der Waals surface area contributed by atoms with E-state index in [2.05, 4.69) is 0 Å². The van der Waals surface area contributed by atoms with Crippen molar-refractivity contribution >= 4 is 5.78 Å². The molecule has 0 radical (unpaired) electrons. The van der Waals surface area contributed by atoms with Crippen LogP contribution in [0.5, 0.6) is 0 Å². The van der Waals surface area contributed by atoms with Gasteiger partial charge in [-0.15, -0.1) is 0 Å². The van der Waals surface area contributed by atoms with Gasteiger partial charge in [-0.3, -0.25) is 4.79 Å². The zero-order chi connectivity index (χ0) is 10.6. The average Bonchev–Trinajstić information content (AvgIpc) is 2.14. The lowest BCUT2D eigenvalue weighted by atomic mass is 10.2. The van der Waals surface area contributed by atoms with Crippen LogP contribution >= 0.6 is 0 Å². The van der Waals surface area contributed by atoms with Crippen molar-refractivity contribution in [2.75, 3.05) is 13.2 Å². The molecule has 0 aromatic rings. The second kappa shape index (κ2) is 4.60. The summed E-state index contributed by atoms with van der Waals surface area (Å²) in [6, 6.07) is 0. The molecule has 0 aromatic carbocycles. The maximum absolute atomic E-state index is 11.5. The first-order valence-electron chi connectivity index (χ1n) is 4.99. The molecule has 0 fully saturated rings. The highest BCUT2D eigenvalue weighted by atomic mass is 16.5. The van der Waals surface area contributed by atoms with E-state index in [9.17, 15) is 4.79 Å². The molecular formula is C11H18O3. The van der Waals surface area contributed by atoms with Gasteiger partial charge < -0.3 is 9.47 Å². The van der Waals surface area contributed by atoms with Gasteiger partial charge in [0.15, 0.2) is 5.76 Å². The molecule has 3 heteroatoms. The molecule has 0 atom stereocenters. The van der Waals surface area contributed by atoms with Crippen molar-refractivity contribution in [3.8, 4) is 0 Å². The lowest BCUT2D eigenvalue weighted by Gasteiger charge is -2.20. The molecule has 1 rings (SSSR count). The van der Waals surface area contributed by atoms with E-state index in [0.29, 0.717) is 12.4 Å². The largest absolute Gasteiger partial charge is 0.490 e. The first kappa shape index (κ1) is 11.2. The second-order valence-electron chi connectivity index (χ2n) is 4.38. The SMILES string of the molecule is CC(C)(C)OCC(=O)C1=CCCCO1. The molecule has 14 heavy (non-hydrogen) atoms. The molecule has 0 bridgehead atoms. The summed E-state index contributed by atoms with van der Waals surface area (Å²) in [5, 5.41) is 0. The zero-order valence-electron chi connectivity index (χ0n) is 9.13. The zero-order valence-corrected chi connectivity index (χ0v) is 9.13. The van der Waals surface area contributed by atoms with Gasteiger partial charge in [0.1, 0.15) is 6.61 Å². The van der Waals surface area contributed by atoms with Crippen LogP contribution in [0, 0.1) is 0 Å². The third kappa shape index (κ3) is 3.92. The smallest absolute Gasteiger partial charge is 0.222 e. The Balaban J connectivity index is 2.38. The Hall–Kier alpha value is -0.830. The minimum Gasteiger partial charge on any atom is -0.490 e. The van der Waals surface area contributed by atoms with Crippen molar-refractivity contribution in [3.63, 3.8) is 0 Å². The minimum absolute atomic E-state index is 0.0559. The number of ether oxygens (including phenoxy) is 2. The van der Waals surface area contributed by atoms with E-state index in [0.717, 1.165) is 12.8 Å². The van der Waals surface area contributed by atoms with Crippen LogP contribution in [0.3, 0.4) is 0 Å². The van der Waals surface area contributed by atoms with Crippen LogP contribution in [0.25, 0.3) is 0 Å². The number of allylic oxidation sites excluding steroid dienone is 1. The van der Waals surface area contributed by atoms with E-state index in [1.54, 1.807) is 0 Å². The number of hydrogen-bond donors (Lipinski definition) is 0. The molecule has 3 nitrogen and oxygen atoms in total. The monoisotopic (exact) mass is 198 g/mol. The molecule has 0 N–H and O–H groups in total. The van der Waals surface area contributed by atoms with Crippen LogP contribution in [0.2, 0.25) is 0 Å². The Labute approximate surface area is 85.1 Å². The fourth-order valence-electron chi connectivity index (χ4n) is 1.11. The van der Waals surface area contributed by atoms with Crippen LogP contribution in [0.1, 0.15) is 33.6 Å². The topological polar surface area (TPSA) is 35.5 Å². The van der Waals surface area contributed by atoms with Gasteiger partial charge in [-0.25, -0.2) is 0 Å². The summed E-state index contributed by atoms with van der Waals surface area (Å²) in [6.45, 7) is 6.53. The summed E-state index contributed by atoms with van der Waals surface area (Å²) >= 11 is 0. The molecule has 0 saturated heterocycles. The maximum atomic E-state index is 11.5. The Morgan fingerprint density at radius 2 is 2.29 bits per heavy atom. The van der Waals surface area contributed by atoms with Gasteiger partial charge in [0.25, 0.3) is 0 Å². The number of Topliss-reactive ketones (excluding diaryl/α,β-unsaturated/α-hetero) is 1. The highest BCUT2D eigenvalue weighted by Crippen LogP contribution is 2.13. The molecule has 1 heterocycles. The maximum Gasteiger partial charge on any atom is 0.222 e. The quantitative estimate of drug-likeness (QED) is 0.696. The molecule has 0 amide bonds. The fourth-order valence-corrected chi connectivity index (χ4v) is 1.11. The van der Waals surface area contributed by atoms with E-state index < -0.39 is 0 Å². The van der Waals surface area contributed by atoms with Crippen LogP contribution in [-0.2, 0) is 14.3 Å². The predicted molar refractivity (Wildman–Crippen MR) is 54.0 cm³/mol. The number of rotatable bonds is 3. The van der Waals surface area contributed by atoms with Gasteiger partial charge in [-0.2, -0.15) is 0 Å². The van der Waals surface area contributed by atoms with Crippen LogP contribution in [-0.4, -0.2) is 24.6 Å². The van der Waals surface area contributed by atoms with Crippen molar-refractivity contribution in [3.05, 3.63) is 11.8 Å². The Morgan fingerprint density at radius 3 is 2.79 bits per heavy atom. The van der Waals surface area contributed by atoms with Gasteiger partial charge in [0.2, 0.25) is 5.78 Å². The summed E-state index contributed by atoms with van der Waals surface area (Å²) in [5.41, 5.74) is -0.273. The molecule has 0 aromatic heterocycles. The average molecular weight is 198 g/mol. The third-order valence-corrected chi connectivity index (χ3v) is 1.85. The Bertz CT molecular complexity index is 235. The molecule has 1 aliphatic rings. The van der Waals surface area contributed by atoms with Gasteiger partial charge in [0, 0.05) is 0 Å². The van der Waals surface area contributed by atoms with Crippen LogP contribution in [0.15, 0.2) is 11.8 Å². The lowest BCUT2D eigenvalue weighted by molar-refractivity contribution is -0.128. The van der Waals surface area contributed by atoms with Crippen molar-refractivity contribution < 1.29 is 14.3 Å². The highest BCUT2D eigenvalue weighted by molar-refractivity contribution is 5.94. The summed E-state index contributed by atoms with van der Waals surface area (Å²) < 4.78 is 10.6. The summed E-state index contributed by atoms with van der Waals surface area (Å²) in [7, 11) is 0. The summed E-state index contributed by atoms with van der Waals surface area (Å²) in [4.78, 5) is 11.5. The number of ketones is 1. The van der Waals surface area contributed by atoms with Crippen molar-refractivity contribution in [2.45, 2.75) is 39.2 Å². The van der Waals surface area contributed by atoms with Crippen molar-refractivity contribution in [1.29, 1.82) is 0 Å². The number of carbonyl (C=O) groups excluding carboxylic acids is 1. The van der Waals surface area contributed by atoms with E-state index in [1.165, 1.54) is 0 Å². The number of hydrogen-bond acceptors (Lipinski definition) is 3. The molecule has 0 aliphatic carbocycles. The third-order valence-electron chi connectivity index (χ3n) is 1.85. The van der Waals surface area contributed by atoms with Gasteiger partial charge in [-0.1, -0.05) is 0 Å². The summed E-state index contributed by atoms with van der Waals surface area (Å²) in [5.74, 6) is 0.417. The molecule has 0 saturated carbocycles. The minimum atomic E-state index is -0.273. The lowest BCUT2D eigenvalue weighted by Crippen LogP contribution is -2.25. The molecular weight excluding hydrogens is 180 g/mol. The first-order valence-corrected chi connectivity index (χ1v) is 4.99. The Morgan fingerprint density at radius 1 is 1.57 bits per heavy atom. The molecule has 0 unspecified atom stereocenters. The summed E-state index contributed by atoms with van der Waals surface area (Å²) in [6.07, 6.45) is 3.77. The van der Waals surface area contributed by atoms with Gasteiger partial charge in [0.05, 0.1) is 12.2 Å². The molecule has 1 aliphatic heterocycles. The van der Waals surface area contributed by atoms with Gasteiger partial charge >= 0.3 is 0 Å². The van der Waals surface area contributed by atoms with Crippen LogP contribution < -0.4 is 0 Å². The normalized spacial score (nSPS) is 17.2. The van der Waals surface area contributed by atoms with Crippen molar-refractivity contribution in [1.82, 2.24) is 0 Å². The molecule has 0 spiro atoms. The van der Waals surface area contributed by atoms with E-state index in [4.69, 9.17) is 9.47 Å². The van der Waals surface area contributed by atoms with E-state index in [1.807, 2.05) is 26.8 Å². The first-order chi connectivity index (χ1) is 6.49. The second-order valence-corrected chi connectivity index (χ2v) is 4.38. The number of carbonyl (C=O) groups is 1. The van der Waals surface area contributed by atoms with E-state index >= 15 is 0 Å². The van der Waals surface area contributed by atoms with Crippen molar-refractivity contribution in [2.24, 2.45) is 0 Å². The standard InChI is InChI=1S/C11H18O3/c1-11(2,3)14-8-9(12)10-6-4-5-7-13-10/h6H,4-5,7-8H2,1-3H3.